The van der Waals surface area contributed by atoms with Crippen LogP contribution >= 0.6 is 27.5 Å². The average molecular weight is 366 g/mol. The van der Waals surface area contributed by atoms with Crippen LogP contribution in [0.5, 0.6) is 0 Å². The van der Waals surface area contributed by atoms with Crippen molar-refractivity contribution in [2.75, 3.05) is 0 Å². The van der Waals surface area contributed by atoms with Gasteiger partial charge in [0.1, 0.15) is 6.10 Å². The molecule has 1 nitrogen and oxygen atoms in total. The molecule has 1 atom stereocenters. The van der Waals surface area contributed by atoms with Crippen LogP contribution in [-0.4, -0.2) is 5.11 Å². The summed E-state index contributed by atoms with van der Waals surface area (Å²) in [5.41, 5.74) is 0.166. The van der Waals surface area contributed by atoms with E-state index < -0.39 is 17.8 Å². The van der Waals surface area contributed by atoms with E-state index in [1.165, 1.54) is 12.1 Å². The molecule has 6 heteroatoms. The average Bonchev–Trinajstić information content (AvgIpc) is 2.37. The predicted molar refractivity (Wildman–Crippen MR) is 74.7 cm³/mol. The topological polar surface area (TPSA) is 20.2 Å². The highest BCUT2D eigenvalue weighted by Crippen LogP contribution is 2.33. The lowest BCUT2D eigenvalue weighted by Gasteiger charge is -2.14. The van der Waals surface area contributed by atoms with Gasteiger partial charge in [0.15, 0.2) is 0 Å². The van der Waals surface area contributed by atoms with Gasteiger partial charge in [0.05, 0.1) is 5.56 Å². The zero-order chi connectivity index (χ0) is 14.9. The first-order valence-corrected chi connectivity index (χ1v) is 6.76. The number of aliphatic hydroxyl groups is 1. The Morgan fingerprint density at radius 2 is 1.65 bits per heavy atom. The number of hydrogen-bond donors (Lipinski definition) is 1. The first kappa shape index (κ1) is 15.4. The summed E-state index contributed by atoms with van der Waals surface area (Å²) >= 11 is 9.07. The molecule has 1 unspecified atom stereocenters. The molecule has 2 rings (SSSR count). The van der Waals surface area contributed by atoms with Gasteiger partial charge in [-0.2, -0.15) is 13.2 Å². The third-order valence-electron chi connectivity index (χ3n) is 2.81. The molecule has 0 fully saturated rings. The number of rotatable bonds is 2. The lowest BCUT2D eigenvalue weighted by Crippen LogP contribution is -2.06. The highest BCUT2D eigenvalue weighted by molar-refractivity contribution is 9.10. The van der Waals surface area contributed by atoms with Crippen molar-refractivity contribution in [3.05, 3.63) is 68.7 Å². The van der Waals surface area contributed by atoms with Gasteiger partial charge in [-0.15, -0.1) is 0 Å². The Morgan fingerprint density at radius 3 is 2.15 bits per heavy atom. The van der Waals surface area contributed by atoms with E-state index in [0.717, 1.165) is 12.1 Å². The Bertz CT molecular complexity index is 611. The van der Waals surface area contributed by atoms with E-state index in [-0.39, 0.29) is 0 Å². The fraction of sp³-hybridized carbons (Fsp3) is 0.143. The van der Waals surface area contributed by atoms with Gasteiger partial charge in [0.2, 0.25) is 0 Å². The van der Waals surface area contributed by atoms with Crippen LogP contribution in [0.4, 0.5) is 13.2 Å². The summed E-state index contributed by atoms with van der Waals surface area (Å²) in [5.74, 6) is 0. The Kier molecular flexibility index (Phi) is 4.42. The maximum Gasteiger partial charge on any atom is 0.416 e. The molecule has 0 amide bonds. The van der Waals surface area contributed by atoms with Crippen molar-refractivity contribution in [1.29, 1.82) is 0 Å². The van der Waals surface area contributed by atoms with Gasteiger partial charge in [0.25, 0.3) is 0 Å². The Hall–Kier alpha value is -1.04. The summed E-state index contributed by atoms with van der Waals surface area (Å²) in [5, 5.41) is 10.7. The van der Waals surface area contributed by atoms with E-state index in [0.29, 0.717) is 20.6 Å². The van der Waals surface area contributed by atoms with Crippen molar-refractivity contribution >= 4 is 27.5 Å². The Labute approximate surface area is 127 Å². The van der Waals surface area contributed by atoms with Gasteiger partial charge in [0, 0.05) is 9.50 Å². The van der Waals surface area contributed by atoms with Crippen LogP contribution in [-0.2, 0) is 6.18 Å². The number of alkyl halides is 3. The largest absolute Gasteiger partial charge is 0.416 e. The molecule has 2 aromatic carbocycles. The molecule has 0 bridgehead atoms. The third kappa shape index (κ3) is 3.34. The number of halogens is 5. The minimum atomic E-state index is -4.38. The minimum Gasteiger partial charge on any atom is -0.384 e. The maximum atomic E-state index is 12.5. The monoisotopic (exact) mass is 364 g/mol. The lowest BCUT2D eigenvalue weighted by molar-refractivity contribution is -0.137. The molecule has 0 aromatic heterocycles. The SMILES string of the molecule is OC(c1ccc(C(F)(F)F)cc1)c1ccc(Cl)cc1Br. The van der Waals surface area contributed by atoms with Gasteiger partial charge in [-0.1, -0.05) is 45.7 Å². The van der Waals surface area contributed by atoms with Gasteiger partial charge < -0.3 is 5.11 Å². The summed E-state index contributed by atoms with van der Waals surface area (Å²) < 4.78 is 38.0. The van der Waals surface area contributed by atoms with Crippen molar-refractivity contribution in [1.82, 2.24) is 0 Å². The third-order valence-corrected chi connectivity index (χ3v) is 3.73. The second-order valence-electron chi connectivity index (χ2n) is 4.19. The summed E-state index contributed by atoms with van der Waals surface area (Å²) in [4.78, 5) is 0. The Balaban J connectivity index is 2.31. The first-order chi connectivity index (χ1) is 9.29. The van der Waals surface area contributed by atoms with Gasteiger partial charge in [-0.25, -0.2) is 0 Å². The molecule has 0 heterocycles. The zero-order valence-corrected chi connectivity index (χ0v) is 12.3. The second-order valence-corrected chi connectivity index (χ2v) is 5.48. The van der Waals surface area contributed by atoms with E-state index in [2.05, 4.69) is 15.9 Å². The van der Waals surface area contributed by atoms with Crippen LogP contribution in [0.25, 0.3) is 0 Å². The van der Waals surface area contributed by atoms with Crippen molar-refractivity contribution < 1.29 is 18.3 Å². The molecule has 20 heavy (non-hydrogen) atoms. The zero-order valence-electron chi connectivity index (χ0n) is 9.96. The fourth-order valence-corrected chi connectivity index (χ4v) is 2.66. The summed E-state index contributed by atoms with van der Waals surface area (Å²) in [6.45, 7) is 0. The van der Waals surface area contributed by atoms with Crippen molar-refractivity contribution in [3.8, 4) is 0 Å². The lowest BCUT2D eigenvalue weighted by atomic mass is 10.0. The number of aliphatic hydroxyl groups excluding tert-OH is 1. The minimum absolute atomic E-state index is 0.376. The van der Waals surface area contributed by atoms with Crippen molar-refractivity contribution in [3.63, 3.8) is 0 Å². The maximum absolute atomic E-state index is 12.5. The molecule has 0 aliphatic heterocycles. The van der Waals surface area contributed by atoms with Crippen molar-refractivity contribution in [2.45, 2.75) is 12.3 Å². The molecule has 0 saturated heterocycles. The smallest absolute Gasteiger partial charge is 0.384 e. The van der Waals surface area contributed by atoms with Crippen LogP contribution in [0, 0.1) is 0 Å². The van der Waals surface area contributed by atoms with Gasteiger partial charge in [-0.05, 0) is 35.4 Å². The molecular formula is C14H9BrClF3O. The van der Waals surface area contributed by atoms with E-state index in [4.69, 9.17) is 11.6 Å². The van der Waals surface area contributed by atoms with E-state index >= 15 is 0 Å². The van der Waals surface area contributed by atoms with Crippen LogP contribution in [0.2, 0.25) is 5.02 Å². The molecule has 1 N–H and O–H groups in total. The summed E-state index contributed by atoms with van der Waals surface area (Å²) in [7, 11) is 0. The highest BCUT2D eigenvalue weighted by Gasteiger charge is 2.30. The molecular weight excluding hydrogens is 357 g/mol. The molecule has 0 radical (unpaired) electrons. The predicted octanol–water partition coefficient (Wildman–Crippen LogP) is 5.20. The van der Waals surface area contributed by atoms with Crippen LogP contribution in [0.1, 0.15) is 22.8 Å². The van der Waals surface area contributed by atoms with Crippen LogP contribution < -0.4 is 0 Å². The summed E-state index contributed by atoms with van der Waals surface area (Å²) in [6.07, 6.45) is -5.41. The molecule has 106 valence electrons. The van der Waals surface area contributed by atoms with Crippen molar-refractivity contribution in [2.24, 2.45) is 0 Å². The number of hydrogen-bond acceptors (Lipinski definition) is 1. The van der Waals surface area contributed by atoms with Crippen LogP contribution in [0.15, 0.2) is 46.9 Å². The second kappa shape index (κ2) is 5.76. The Morgan fingerprint density at radius 1 is 1.05 bits per heavy atom. The molecule has 0 aliphatic carbocycles. The van der Waals surface area contributed by atoms with E-state index in [9.17, 15) is 18.3 Å². The van der Waals surface area contributed by atoms with Gasteiger partial charge in [-0.3, -0.25) is 0 Å². The molecule has 0 aliphatic rings. The van der Waals surface area contributed by atoms with Crippen LogP contribution in [0.3, 0.4) is 0 Å². The normalized spacial score (nSPS) is 13.3. The fourth-order valence-electron chi connectivity index (χ4n) is 1.76. The number of benzene rings is 2. The van der Waals surface area contributed by atoms with E-state index in [1.807, 2.05) is 0 Å². The molecule has 0 spiro atoms. The van der Waals surface area contributed by atoms with Gasteiger partial charge >= 0.3 is 6.18 Å². The first-order valence-electron chi connectivity index (χ1n) is 5.59. The molecule has 0 saturated carbocycles. The molecule has 2 aromatic rings. The standard InChI is InChI=1S/C14H9BrClF3O/c15-12-7-10(16)5-6-11(12)13(20)8-1-3-9(4-2-8)14(17,18)19/h1-7,13,20H. The highest BCUT2D eigenvalue weighted by atomic mass is 79.9. The quantitative estimate of drug-likeness (QED) is 0.775. The van der Waals surface area contributed by atoms with E-state index in [1.54, 1.807) is 18.2 Å². The summed E-state index contributed by atoms with van der Waals surface area (Å²) in [6, 6.07) is 9.25.